The molecule has 0 aliphatic rings. The van der Waals surface area contributed by atoms with Gasteiger partial charge >= 0.3 is 0 Å². The first-order chi connectivity index (χ1) is 9.97. The number of hydrogen-bond acceptors (Lipinski definition) is 6. The molecule has 0 aromatic heterocycles. The Labute approximate surface area is 125 Å². The first kappa shape index (κ1) is 17.4. The van der Waals surface area contributed by atoms with Crippen LogP contribution in [0.4, 0.5) is 11.4 Å². The van der Waals surface area contributed by atoms with Crippen LogP contribution in [0.1, 0.15) is 18.9 Å². The van der Waals surface area contributed by atoms with E-state index < -0.39 is 4.92 Å². The molecule has 0 aliphatic carbocycles. The summed E-state index contributed by atoms with van der Waals surface area (Å²) in [7, 11) is 4.10. The summed E-state index contributed by atoms with van der Waals surface area (Å²) >= 11 is 0. The van der Waals surface area contributed by atoms with Crippen molar-refractivity contribution in [1.29, 1.82) is 0 Å². The van der Waals surface area contributed by atoms with E-state index in [1.165, 1.54) is 6.07 Å². The Balaban J connectivity index is 2.80. The highest BCUT2D eigenvalue weighted by atomic mass is 16.6. The molecule has 1 aromatic rings. The fourth-order valence-corrected chi connectivity index (χ4v) is 2.14. The van der Waals surface area contributed by atoms with Gasteiger partial charge in [-0.05, 0) is 38.7 Å². The molecule has 118 valence electrons. The standard InChI is InChI=1S/C14H25N5O2/c1-4-7-18(9-8-17(2)3)11-12-5-6-14(19(20)21)13(10-12)16-15/h5-6,10,16H,4,7-9,11,15H2,1-3H3. The van der Waals surface area contributed by atoms with E-state index in [0.717, 1.165) is 38.2 Å². The fraction of sp³-hybridized carbons (Fsp3) is 0.571. The molecule has 0 atom stereocenters. The van der Waals surface area contributed by atoms with Crippen LogP contribution in [-0.4, -0.2) is 48.5 Å². The van der Waals surface area contributed by atoms with Gasteiger partial charge in [0.15, 0.2) is 0 Å². The quantitative estimate of drug-likeness (QED) is 0.409. The molecule has 0 fully saturated rings. The van der Waals surface area contributed by atoms with Crippen LogP contribution in [-0.2, 0) is 6.54 Å². The summed E-state index contributed by atoms with van der Waals surface area (Å²) in [5.74, 6) is 5.37. The highest BCUT2D eigenvalue weighted by molar-refractivity contribution is 5.62. The van der Waals surface area contributed by atoms with Gasteiger partial charge in [-0.25, -0.2) is 0 Å². The molecular formula is C14H25N5O2. The average Bonchev–Trinajstić information content (AvgIpc) is 2.44. The first-order valence-corrected chi connectivity index (χ1v) is 7.09. The number of hydrogen-bond donors (Lipinski definition) is 2. The summed E-state index contributed by atoms with van der Waals surface area (Å²) in [4.78, 5) is 14.9. The molecule has 1 rings (SSSR count). The maximum absolute atomic E-state index is 10.9. The zero-order valence-corrected chi connectivity index (χ0v) is 13.0. The molecule has 0 spiro atoms. The van der Waals surface area contributed by atoms with Crippen molar-refractivity contribution in [3.8, 4) is 0 Å². The molecule has 0 saturated heterocycles. The molecule has 0 saturated carbocycles. The zero-order valence-electron chi connectivity index (χ0n) is 13.0. The smallest absolute Gasteiger partial charge is 0.293 e. The van der Waals surface area contributed by atoms with Crippen LogP contribution < -0.4 is 11.3 Å². The number of benzene rings is 1. The van der Waals surface area contributed by atoms with Gasteiger partial charge in [0.05, 0.1) is 4.92 Å². The highest BCUT2D eigenvalue weighted by Crippen LogP contribution is 2.25. The van der Waals surface area contributed by atoms with Gasteiger partial charge in [0, 0.05) is 25.7 Å². The van der Waals surface area contributed by atoms with Crippen LogP contribution in [0, 0.1) is 10.1 Å². The fourth-order valence-electron chi connectivity index (χ4n) is 2.14. The summed E-state index contributed by atoms with van der Waals surface area (Å²) in [6, 6.07) is 5.04. The summed E-state index contributed by atoms with van der Waals surface area (Å²) in [6.07, 6.45) is 1.07. The predicted octanol–water partition coefficient (Wildman–Crippen LogP) is 1.65. The van der Waals surface area contributed by atoms with Crippen molar-refractivity contribution in [3.63, 3.8) is 0 Å². The lowest BCUT2D eigenvalue weighted by molar-refractivity contribution is -0.384. The minimum absolute atomic E-state index is 0.00316. The molecule has 0 heterocycles. The summed E-state index contributed by atoms with van der Waals surface area (Å²) in [5.41, 5.74) is 3.76. The number of rotatable bonds is 9. The van der Waals surface area contributed by atoms with Gasteiger partial charge in [-0.3, -0.25) is 20.9 Å². The Hall–Kier alpha value is -1.70. The molecule has 1 aromatic carbocycles. The molecule has 0 radical (unpaired) electrons. The monoisotopic (exact) mass is 295 g/mol. The van der Waals surface area contributed by atoms with Crippen LogP contribution in [0.5, 0.6) is 0 Å². The number of nitrogen functional groups attached to an aromatic ring is 1. The largest absolute Gasteiger partial charge is 0.318 e. The van der Waals surface area contributed by atoms with Gasteiger partial charge < -0.3 is 10.3 Å². The van der Waals surface area contributed by atoms with Gasteiger partial charge in [-0.15, -0.1) is 0 Å². The van der Waals surface area contributed by atoms with Crippen LogP contribution in [0.25, 0.3) is 0 Å². The molecule has 0 unspecified atom stereocenters. The van der Waals surface area contributed by atoms with E-state index >= 15 is 0 Å². The molecular weight excluding hydrogens is 270 g/mol. The summed E-state index contributed by atoms with van der Waals surface area (Å²) in [5, 5.41) is 10.9. The Morgan fingerprint density at radius 1 is 1.29 bits per heavy atom. The van der Waals surface area contributed by atoms with Crippen LogP contribution in [0.2, 0.25) is 0 Å². The number of nitrogens with one attached hydrogen (secondary N) is 1. The van der Waals surface area contributed by atoms with Crippen molar-refractivity contribution in [2.45, 2.75) is 19.9 Å². The Morgan fingerprint density at radius 2 is 2.00 bits per heavy atom. The Morgan fingerprint density at radius 3 is 2.52 bits per heavy atom. The normalized spacial score (nSPS) is 11.1. The minimum atomic E-state index is -0.436. The lowest BCUT2D eigenvalue weighted by atomic mass is 10.1. The number of nitrogens with zero attached hydrogens (tertiary/aromatic N) is 3. The maximum atomic E-state index is 10.9. The topological polar surface area (TPSA) is 87.7 Å². The first-order valence-electron chi connectivity index (χ1n) is 7.09. The van der Waals surface area contributed by atoms with Gasteiger partial charge in [-0.2, -0.15) is 0 Å². The molecule has 3 N–H and O–H groups in total. The summed E-state index contributed by atoms with van der Waals surface area (Å²) in [6.45, 7) is 5.84. The minimum Gasteiger partial charge on any atom is -0.318 e. The Kier molecular flexibility index (Phi) is 7.07. The number of anilines is 1. The van der Waals surface area contributed by atoms with Crippen molar-refractivity contribution in [2.24, 2.45) is 5.84 Å². The van der Waals surface area contributed by atoms with Crippen molar-refractivity contribution < 1.29 is 4.92 Å². The average molecular weight is 295 g/mol. The second kappa shape index (κ2) is 8.56. The second-order valence-electron chi connectivity index (χ2n) is 5.33. The van der Waals surface area contributed by atoms with E-state index in [0.29, 0.717) is 5.69 Å². The number of hydrazine groups is 1. The van der Waals surface area contributed by atoms with Gasteiger partial charge in [-0.1, -0.05) is 13.0 Å². The third-order valence-corrected chi connectivity index (χ3v) is 3.22. The maximum Gasteiger partial charge on any atom is 0.293 e. The van der Waals surface area contributed by atoms with E-state index in [1.807, 2.05) is 14.1 Å². The molecule has 0 amide bonds. The number of nitrogens with two attached hydrogens (primary N) is 1. The van der Waals surface area contributed by atoms with E-state index in [2.05, 4.69) is 22.1 Å². The van der Waals surface area contributed by atoms with Crippen molar-refractivity contribution in [1.82, 2.24) is 9.80 Å². The Bertz CT molecular complexity index is 465. The number of nitro benzene ring substituents is 1. The van der Waals surface area contributed by atoms with Gasteiger partial charge in [0.25, 0.3) is 5.69 Å². The van der Waals surface area contributed by atoms with Crippen LogP contribution in [0.15, 0.2) is 18.2 Å². The van der Waals surface area contributed by atoms with Crippen molar-refractivity contribution in [3.05, 3.63) is 33.9 Å². The van der Waals surface area contributed by atoms with Gasteiger partial charge in [0.2, 0.25) is 0 Å². The molecule has 0 aliphatic heterocycles. The zero-order chi connectivity index (χ0) is 15.8. The van der Waals surface area contributed by atoms with Gasteiger partial charge in [0.1, 0.15) is 5.69 Å². The predicted molar refractivity (Wildman–Crippen MR) is 85.0 cm³/mol. The van der Waals surface area contributed by atoms with Crippen LogP contribution >= 0.6 is 0 Å². The number of likely N-dealkylation sites (N-methyl/N-ethyl adjacent to an activating group) is 1. The van der Waals surface area contributed by atoms with E-state index in [-0.39, 0.29) is 5.69 Å². The lowest BCUT2D eigenvalue weighted by Crippen LogP contribution is -2.32. The summed E-state index contributed by atoms with van der Waals surface area (Å²) < 4.78 is 0. The van der Waals surface area contributed by atoms with Crippen molar-refractivity contribution in [2.75, 3.05) is 39.2 Å². The van der Waals surface area contributed by atoms with Crippen molar-refractivity contribution >= 4 is 11.4 Å². The molecule has 7 nitrogen and oxygen atoms in total. The van der Waals surface area contributed by atoms with E-state index in [1.54, 1.807) is 12.1 Å². The SMILES string of the molecule is CCCN(CCN(C)C)Cc1ccc([N+](=O)[O-])c(NN)c1. The molecule has 0 bridgehead atoms. The second-order valence-corrected chi connectivity index (χ2v) is 5.33. The van der Waals surface area contributed by atoms with E-state index in [4.69, 9.17) is 5.84 Å². The van der Waals surface area contributed by atoms with E-state index in [9.17, 15) is 10.1 Å². The lowest BCUT2D eigenvalue weighted by Gasteiger charge is -2.23. The molecule has 21 heavy (non-hydrogen) atoms. The number of nitro groups is 1. The third kappa shape index (κ3) is 5.66. The van der Waals surface area contributed by atoms with Crippen LogP contribution in [0.3, 0.4) is 0 Å². The third-order valence-electron chi connectivity index (χ3n) is 3.22. The highest BCUT2D eigenvalue weighted by Gasteiger charge is 2.14. The molecule has 7 heteroatoms.